The van der Waals surface area contributed by atoms with E-state index in [2.05, 4.69) is 171 Å². The first-order chi connectivity index (χ1) is 24.9. The molecule has 11 aromatic rings. The first-order valence-electron chi connectivity index (χ1n) is 17.8. The second kappa shape index (κ2) is 10.2. The van der Waals surface area contributed by atoms with E-state index in [9.17, 15) is 0 Å². The monoisotopic (exact) mass is 664 g/mol. The van der Waals surface area contributed by atoms with E-state index in [0.29, 0.717) is 0 Å². The Labute approximate surface area is 296 Å². The van der Waals surface area contributed by atoms with Crippen molar-refractivity contribution in [2.24, 2.45) is 0 Å². The number of hydrogen-bond acceptors (Lipinski definition) is 1. The van der Waals surface area contributed by atoms with Gasteiger partial charge in [0.25, 0.3) is 0 Å². The van der Waals surface area contributed by atoms with Crippen molar-refractivity contribution >= 4 is 94.6 Å². The van der Waals surface area contributed by atoms with Crippen LogP contribution in [0.15, 0.2) is 144 Å². The van der Waals surface area contributed by atoms with Crippen LogP contribution in [0, 0.1) is 11.5 Å². The average Bonchev–Trinajstić information content (AvgIpc) is 3.52. The van der Waals surface area contributed by atoms with Crippen molar-refractivity contribution in [1.82, 2.24) is 0 Å². The topological polar surface area (TPSA) is 13.1 Å². The van der Waals surface area contributed by atoms with Crippen LogP contribution >= 0.6 is 0 Å². The number of fused-ring (bicyclic) bond motifs is 3. The van der Waals surface area contributed by atoms with Crippen molar-refractivity contribution in [1.29, 1.82) is 0 Å². The molecule has 0 aliphatic rings. The van der Waals surface area contributed by atoms with Gasteiger partial charge in [0.2, 0.25) is 0 Å². The van der Waals surface area contributed by atoms with Crippen LogP contribution in [0.25, 0.3) is 109 Å². The molecule has 0 bridgehead atoms. The molecule has 0 aliphatic heterocycles. The summed E-state index contributed by atoms with van der Waals surface area (Å²) in [6.07, 6.45) is 0. The first-order valence-corrected chi connectivity index (χ1v) is 21.3. The third kappa shape index (κ3) is 4.22. The Morgan fingerprint density at radius 1 is 0.431 bits per heavy atom. The molecular weight excluding hydrogens is 633 g/mol. The third-order valence-electron chi connectivity index (χ3n) is 10.8. The first kappa shape index (κ1) is 28.7. The van der Waals surface area contributed by atoms with E-state index < -0.39 is 8.07 Å². The molecule has 1 nitrogen and oxygen atoms in total. The van der Waals surface area contributed by atoms with Crippen molar-refractivity contribution in [3.05, 3.63) is 145 Å². The highest BCUT2D eigenvalue weighted by Crippen LogP contribution is 2.44. The van der Waals surface area contributed by atoms with Crippen molar-refractivity contribution in [3.63, 3.8) is 0 Å². The second-order valence-corrected chi connectivity index (χ2v) is 19.9. The quantitative estimate of drug-likeness (QED) is 0.102. The van der Waals surface area contributed by atoms with Crippen LogP contribution in [-0.4, -0.2) is 8.07 Å². The van der Waals surface area contributed by atoms with Gasteiger partial charge in [-0.2, -0.15) is 0 Å². The Hall–Kier alpha value is -6.14. The molecule has 0 N–H and O–H groups in total. The van der Waals surface area contributed by atoms with Crippen molar-refractivity contribution in [2.45, 2.75) is 19.6 Å². The van der Waals surface area contributed by atoms with Crippen LogP contribution < -0.4 is 0 Å². The van der Waals surface area contributed by atoms with E-state index in [-0.39, 0.29) is 0 Å². The van der Waals surface area contributed by atoms with Crippen LogP contribution in [0.4, 0.5) is 0 Å². The molecule has 0 saturated heterocycles. The van der Waals surface area contributed by atoms with Gasteiger partial charge >= 0.3 is 0 Å². The molecule has 2 heteroatoms. The Morgan fingerprint density at radius 3 is 1.49 bits per heavy atom. The van der Waals surface area contributed by atoms with Gasteiger partial charge in [-0.25, -0.2) is 0 Å². The van der Waals surface area contributed by atoms with E-state index in [0.717, 1.165) is 33.1 Å². The molecule has 0 aliphatic carbocycles. The predicted octanol–water partition coefficient (Wildman–Crippen LogP) is 13.9. The molecule has 0 radical (unpaired) electrons. The third-order valence-corrected chi connectivity index (χ3v) is 11.7. The zero-order valence-corrected chi connectivity index (χ0v) is 29.7. The average molecular weight is 665 g/mol. The van der Waals surface area contributed by atoms with Gasteiger partial charge in [0, 0.05) is 10.8 Å². The van der Waals surface area contributed by atoms with Gasteiger partial charge in [-0.05, 0) is 111 Å². The van der Waals surface area contributed by atoms with Crippen LogP contribution in [0.1, 0.15) is 5.56 Å². The summed E-state index contributed by atoms with van der Waals surface area (Å²) in [7, 11) is -1.66. The van der Waals surface area contributed by atoms with E-state index in [1.807, 2.05) is 0 Å². The van der Waals surface area contributed by atoms with E-state index in [1.54, 1.807) is 0 Å². The fourth-order valence-corrected chi connectivity index (χ4v) is 9.03. The highest BCUT2D eigenvalue weighted by molar-refractivity contribution is 6.83. The van der Waals surface area contributed by atoms with Crippen molar-refractivity contribution in [3.8, 4) is 33.7 Å². The Bertz CT molecular complexity index is 3260. The van der Waals surface area contributed by atoms with Gasteiger partial charge in [0.05, 0.1) is 5.56 Å². The molecule has 0 atom stereocenters. The summed E-state index contributed by atoms with van der Waals surface area (Å²) >= 11 is 0. The Kier molecular flexibility index (Phi) is 5.74. The largest absolute Gasteiger partial charge is 0.455 e. The minimum atomic E-state index is -1.66. The summed E-state index contributed by atoms with van der Waals surface area (Å²) in [6, 6.07) is 51.7. The highest BCUT2D eigenvalue weighted by Gasteiger charge is 2.19. The molecule has 10 aromatic carbocycles. The molecule has 0 amide bonds. The molecule has 1 heterocycles. The van der Waals surface area contributed by atoms with Crippen LogP contribution in [-0.2, 0) is 0 Å². The lowest BCUT2D eigenvalue weighted by Crippen LogP contribution is -2.16. The van der Waals surface area contributed by atoms with Crippen LogP contribution in [0.2, 0.25) is 19.6 Å². The summed E-state index contributed by atoms with van der Waals surface area (Å²) in [5, 5.41) is 17.8. The predicted molar refractivity (Wildman–Crippen MR) is 222 cm³/mol. The molecule has 51 heavy (non-hydrogen) atoms. The van der Waals surface area contributed by atoms with E-state index in [4.69, 9.17) is 4.42 Å². The molecule has 238 valence electrons. The minimum absolute atomic E-state index is 0.866. The van der Waals surface area contributed by atoms with E-state index in [1.165, 1.54) is 81.3 Å². The van der Waals surface area contributed by atoms with Gasteiger partial charge in [-0.1, -0.05) is 141 Å². The van der Waals surface area contributed by atoms with E-state index >= 15 is 0 Å². The highest BCUT2D eigenvalue weighted by atomic mass is 28.3. The molecule has 1 aromatic heterocycles. The molecule has 11 rings (SSSR count). The molecule has 0 fully saturated rings. The fourth-order valence-electron chi connectivity index (χ4n) is 8.52. The van der Waals surface area contributed by atoms with Gasteiger partial charge in [-0.15, -0.1) is 5.54 Å². The Morgan fingerprint density at radius 2 is 0.922 bits per heavy atom. The summed E-state index contributed by atoms with van der Waals surface area (Å²) in [6.45, 7) is 6.89. The maximum atomic E-state index is 6.70. The smallest absolute Gasteiger partial charge is 0.151 e. The summed E-state index contributed by atoms with van der Waals surface area (Å²) in [4.78, 5) is 0. The SMILES string of the molecule is C[Si](C)(C)C#Cc1cc(-c2ccc3ccc4cccc5ccc2c3c45)cc2c1oc1ccc(-c3ccc4ccc5cccc6ccc3c4c56)cc12. The summed E-state index contributed by atoms with van der Waals surface area (Å²) < 4.78 is 6.70. The molecular formula is C49H32OSi. The van der Waals surface area contributed by atoms with Gasteiger partial charge in [-0.3, -0.25) is 0 Å². The zero-order valence-electron chi connectivity index (χ0n) is 28.7. The minimum Gasteiger partial charge on any atom is -0.455 e. The Balaban J connectivity index is 1.18. The van der Waals surface area contributed by atoms with Crippen LogP contribution in [0.5, 0.6) is 0 Å². The lowest BCUT2D eigenvalue weighted by molar-refractivity contribution is 0.668. The van der Waals surface area contributed by atoms with Crippen molar-refractivity contribution in [2.75, 3.05) is 0 Å². The summed E-state index contributed by atoms with van der Waals surface area (Å²) in [5.74, 6) is 3.61. The standard InChI is InChI=1S/C49H32OSi/c1-51(2,3)25-24-36-26-37(39-20-15-34-13-11-30-7-5-9-32-17-22-41(39)48(34)46(30)32)28-43-42-27-35(18-23-44(42)50-49(36)43)38-19-14-33-12-10-29-6-4-8-31-16-21-40(38)47(33)45(29)31/h4-23,26-28H,1-3H3. The second-order valence-electron chi connectivity index (χ2n) is 15.2. The van der Waals surface area contributed by atoms with Crippen LogP contribution in [0.3, 0.4) is 0 Å². The normalized spacial score (nSPS) is 12.5. The molecule has 0 unspecified atom stereocenters. The lowest BCUT2D eigenvalue weighted by atomic mass is 9.88. The molecule has 0 saturated carbocycles. The number of hydrogen-bond donors (Lipinski definition) is 0. The van der Waals surface area contributed by atoms with Gasteiger partial charge in [0.1, 0.15) is 13.7 Å². The molecule has 0 spiro atoms. The lowest BCUT2D eigenvalue weighted by Gasteiger charge is -2.15. The van der Waals surface area contributed by atoms with Gasteiger partial charge in [0.15, 0.2) is 5.58 Å². The number of benzene rings is 10. The maximum absolute atomic E-state index is 6.70. The number of rotatable bonds is 2. The fraction of sp³-hybridized carbons (Fsp3) is 0.0612. The zero-order chi connectivity index (χ0) is 34.0. The summed E-state index contributed by atoms with van der Waals surface area (Å²) in [5.41, 5.74) is 11.1. The maximum Gasteiger partial charge on any atom is 0.151 e. The number of furan rings is 1. The van der Waals surface area contributed by atoms with Gasteiger partial charge < -0.3 is 4.42 Å². The van der Waals surface area contributed by atoms with Crippen molar-refractivity contribution < 1.29 is 4.42 Å².